The van der Waals surface area contributed by atoms with Gasteiger partial charge in [-0.2, -0.15) is 0 Å². The minimum atomic E-state index is -1.02. The summed E-state index contributed by atoms with van der Waals surface area (Å²) in [5.41, 5.74) is 2.94. The summed E-state index contributed by atoms with van der Waals surface area (Å²) in [5, 5.41) is 16.2. The van der Waals surface area contributed by atoms with Crippen molar-refractivity contribution in [2.75, 3.05) is 7.11 Å². The number of nitrogens with one attached hydrogen (secondary N) is 2. The van der Waals surface area contributed by atoms with E-state index in [9.17, 15) is 19.5 Å². The molecule has 40 heavy (non-hydrogen) atoms. The van der Waals surface area contributed by atoms with Crippen LogP contribution in [-0.4, -0.2) is 64.2 Å². The number of alkyl carbamates (subject to hydrolysis) is 1. The van der Waals surface area contributed by atoms with Crippen molar-refractivity contribution in [1.29, 1.82) is 0 Å². The summed E-state index contributed by atoms with van der Waals surface area (Å²) < 4.78 is 10.5. The molecule has 3 N–H and O–H groups in total. The maximum absolute atomic E-state index is 13.8. The molecule has 2 aromatic carbocycles. The van der Waals surface area contributed by atoms with Crippen LogP contribution >= 0.6 is 0 Å². The predicted molar refractivity (Wildman–Crippen MR) is 153 cm³/mol. The summed E-state index contributed by atoms with van der Waals surface area (Å²) in [7, 11) is 1.22. The average Bonchev–Trinajstić information content (AvgIpc) is 2.85. The van der Waals surface area contributed by atoms with Gasteiger partial charge in [-0.05, 0) is 50.7 Å². The van der Waals surface area contributed by atoms with Gasteiger partial charge in [0.2, 0.25) is 0 Å². The molecule has 0 spiro atoms. The molecule has 2 rings (SSSR count). The van der Waals surface area contributed by atoms with Crippen LogP contribution in [0, 0.1) is 5.41 Å². The molecule has 0 aliphatic rings. The van der Waals surface area contributed by atoms with Crippen molar-refractivity contribution >= 4 is 18.1 Å². The first-order valence-corrected chi connectivity index (χ1v) is 13.3. The average molecular weight is 557 g/mol. The van der Waals surface area contributed by atoms with Crippen molar-refractivity contribution in [2.45, 2.75) is 85.2 Å². The van der Waals surface area contributed by atoms with E-state index in [0.29, 0.717) is 0 Å². The molecule has 0 aliphatic heterocycles. The van der Waals surface area contributed by atoms with Crippen molar-refractivity contribution in [3.8, 4) is 0 Å². The highest BCUT2D eigenvalue weighted by Crippen LogP contribution is 2.23. The Morgan fingerprint density at radius 1 is 0.900 bits per heavy atom. The first-order valence-electron chi connectivity index (χ1n) is 13.3. The van der Waals surface area contributed by atoms with Crippen LogP contribution in [0.1, 0.15) is 59.6 Å². The van der Waals surface area contributed by atoms with E-state index in [0.717, 1.165) is 11.1 Å². The Labute approximate surface area is 237 Å². The number of benzene rings is 2. The zero-order valence-corrected chi connectivity index (χ0v) is 24.8. The molecule has 10 heteroatoms. The highest BCUT2D eigenvalue weighted by atomic mass is 16.6. The molecule has 0 aromatic heterocycles. The second kappa shape index (κ2) is 14.1. The molecular weight excluding hydrogens is 512 g/mol. The van der Waals surface area contributed by atoms with Gasteiger partial charge in [0.15, 0.2) is 0 Å². The van der Waals surface area contributed by atoms with Crippen LogP contribution < -0.4 is 10.7 Å². The van der Waals surface area contributed by atoms with Gasteiger partial charge in [0.1, 0.15) is 11.6 Å². The van der Waals surface area contributed by atoms with E-state index in [-0.39, 0.29) is 13.0 Å². The predicted octanol–water partition coefficient (Wildman–Crippen LogP) is 4.43. The van der Waals surface area contributed by atoms with Gasteiger partial charge < -0.3 is 19.9 Å². The third kappa shape index (κ3) is 10.2. The Bertz CT molecular complexity index is 1100. The first kappa shape index (κ1) is 32.6. The van der Waals surface area contributed by atoms with Crippen LogP contribution in [0.4, 0.5) is 9.59 Å². The van der Waals surface area contributed by atoms with Gasteiger partial charge in [0.05, 0.1) is 25.8 Å². The first-order chi connectivity index (χ1) is 18.6. The van der Waals surface area contributed by atoms with Crippen LogP contribution in [0.2, 0.25) is 0 Å². The van der Waals surface area contributed by atoms with Gasteiger partial charge in [-0.1, -0.05) is 81.4 Å². The van der Waals surface area contributed by atoms with E-state index < -0.39 is 47.3 Å². The van der Waals surface area contributed by atoms with E-state index in [1.54, 1.807) is 48.5 Å². The molecule has 0 aliphatic carbocycles. The maximum Gasteiger partial charge on any atom is 0.426 e. The van der Waals surface area contributed by atoms with Crippen LogP contribution in [-0.2, 0) is 27.2 Å². The lowest BCUT2D eigenvalue weighted by Gasteiger charge is -2.42. The fourth-order valence-corrected chi connectivity index (χ4v) is 4.01. The van der Waals surface area contributed by atoms with Crippen molar-refractivity contribution < 1.29 is 29.0 Å². The van der Waals surface area contributed by atoms with Crippen LogP contribution in [0.15, 0.2) is 60.7 Å². The Hall–Kier alpha value is -3.63. The van der Waals surface area contributed by atoms with E-state index in [1.807, 2.05) is 60.7 Å². The van der Waals surface area contributed by atoms with Gasteiger partial charge in [0.25, 0.3) is 5.91 Å². The molecule has 0 saturated heterocycles. The number of carbonyl (C=O) groups excluding carboxylic acids is 3. The van der Waals surface area contributed by atoms with Crippen molar-refractivity contribution in [2.24, 2.45) is 5.41 Å². The molecule has 0 unspecified atom stereocenters. The standard InChI is InChI=1S/C30H44N4O6/c1-21(35)24(19-22-15-11-9-12-16-22)34(28(38)40-30(5,6)7)33(20-23-17-13-10-14-18-23)32-26(36)25(29(2,3)4)31-27(37)39-8/h9-18,21,24-25,35H,19-20H2,1-8H3,(H,31,37)(H,32,36)/t21-,24-,25+/m0/s1. The van der Waals surface area contributed by atoms with E-state index in [2.05, 4.69) is 10.7 Å². The third-order valence-electron chi connectivity index (χ3n) is 5.99. The number of aliphatic hydroxyl groups is 1. The van der Waals surface area contributed by atoms with Gasteiger partial charge in [-0.15, -0.1) is 5.12 Å². The molecule has 0 bridgehead atoms. The molecule has 3 amide bonds. The molecule has 220 valence electrons. The summed E-state index contributed by atoms with van der Waals surface area (Å²) in [6.45, 7) is 12.3. The zero-order valence-electron chi connectivity index (χ0n) is 24.8. The lowest BCUT2D eigenvalue weighted by molar-refractivity contribution is -0.154. The summed E-state index contributed by atoms with van der Waals surface area (Å²) in [4.78, 5) is 39.7. The maximum atomic E-state index is 13.8. The van der Waals surface area contributed by atoms with Gasteiger partial charge in [-0.25, -0.2) is 14.6 Å². The second-order valence-electron chi connectivity index (χ2n) is 11.8. The lowest BCUT2D eigenvalue weighted by atomic mass is 9.86. The fourth-order valence-electron chi connectivity index (χ4n) is 4.01. The number of hydrogen-bond donors (Lipinski definition) is 3. The molecular formula is C30H44N4O6. The van der Waals surface area contributed by atoms with Crippen LogP contribution in [0.25, 0.3) is 0 Å². The van der Waals surface area contributed by atoms with Gasteiger partial charge >= 0.3 is 12.2 Å². The number of amides is 3. The molecule has 10 nitrogen and oxygen atoms in total. The number of aliphatic hydroxyl groups excluding tert-OH is 1. The van der Waals surface area contributed by atoms with E-state index >= 15 is 0 Å². The summed E-state index contributed by atoms with van der Waals surface area (Å²) >= 11 is 0. The SMILES string of the molecule is COC(=O)N[C@H](C(=O)NN(Cc1ccccc1)N(C(=O)OC(C)(C)C)[C@@H](Cc1ccccc1)[C@H](C)O)C(C)(C)C. The van der Waals surface area contributed by atoms with Crippen LogP contribution in [0.5, 0.6) is 0 Å². The second-order valence-corrected chi connectivity index (χ2v) is 11.8. The number of hydrogen-bond acceptors (Lipinski definition) is 7. The molecule has 3 atom stereocenters. The minimum absolute atomic E-state index is 0.0684. The Morgan fingerprint density at radius 3 is 1.88 bits per heavy atom. The van der Waals surface area contributed by atoms with Crippen molar-refractivity contribution in [3.05, 3.63) is 71.8 Å². The minimum Gasteiger partial charge on any atom is -0.453 e. The molecule has 0 radical (unpaired) electrons. The Kier molecular flexibility index (Phi) is 11.5. The van der Waals surface area contributed by atoms with E-state index in [1.165, 1.54) is 17.2 Å². The highest BCUT2D eigenvalue weighted by molar-refractivity contribution is 5.86. The molecule has 0 fully saturated rings. The number of nitrogens with zero attached hydrogens (tertiary/aromatic N) is 2. The third-order valence-corrected chi connectivity index (χ3v) is 5.99. The molecule has 0 heterocycles. The summed E-state index contributed by atoms with van der Waals surface area (Å²) in [5.74, 6) is -0.577. The van der Waals surface area contributed by atoms with Crippen molar-refractivity contribution in [1.82, 2.24) is 20.9 Å². The van der Waals surface area contributed by atoms with Crippen LogP contribution in [0.3, 0.4) is 0 Å². The quantitative estimate of drug-likeness (QED) is 0.370. The smallest absolute Gasteiger partial charge is 0.426 e. The number of hydrazine groups is 2. The normalized spacial score (nSPS) is 14.1. The zero-order chi connectivity index (χ0) is 30.1. The molecule has 2 aromatic rings. The number of ether oxygens (including phenoxy) is 2. The van der Waals surface area contributed by atoms with Gasteiger partial charge in [0, 0.05) is 0 Å². The van der Waals surface area contributed by atoms with Crippen molar-refractivity contribution in [3.63, 3.8) is 0 Å². The number of carbonyl (C=O) groups is 3. The topological polar surface area (TPSA) is 120 Å². The van der Waals surface area contributed by atoms with E-state index in [4.69, 9.17) is 9.47 Å². The Morgan fingerprint density at radius 2 is 1.43 bits per heavy atom. The Balaban J connectivity index is 2.61. The number of rotatable bonds is 10. The number of methoxy groups -OCH3 is 1. The largest absolute Gasteiger partial charge is 0.453 e. The fraction of sp³-hybridized carbons (Fsp3) is 0.500. The summed E-state index contributed by atoms with van der Waals surface area (Å²) in [6, 6.07) is 16.9. The lowest BCUT2D eigenvalue weighted by Crippen LogP contribution is -2.65. The molecule has 0 saturated carbocycles. The summed E-state index contributed by atoms with van der Waals surface area (Å²) in [6.07, 6.45) is -2.24. The van der Waals surface area contributed by atoms with Gasteiger partial charge in [-0.3, -0.25) is 10.2 Å². The monoisotopic (exact) mass is 556 g/mol. The highest BCUT2D eigenvalue weighted by Gasteiger charge is 2.40.